The van der Waals surface area contributed by atoms with Gasteiger partial charge in [-0.25, -0.2) is 0 Å². The van der Waals surface area contributed by atoms with Gasteiger partial charge in [-0.15, -0.1) is 0 Å². The second-order valence-corrected chi connectivity index (χ2v) is 7.39. The first kappa shape index (κ1) is 15.5. The molecule has 5 nitrogen and oxygen atoms in total. The number of likely N-dealkylation sites (tertiary alicyclic amines) is 1. The summed E-state index contributed by atoms with van der Waals surface area (Å²) in [7, 11) is 0. The van der Waals surface area contributed by atoms with Crippen LogP contribution in [0.2, 0.25) is 0 Å². The fourth-order valence-corrected chi connectivity index (χ4v) is 3.08. The van der Waals surface area contributed by atoms with Crippen molar-refractivity contribution in [2.24, 2.45) is 11.8 Å². The Labute approximate surface area is 132 Å². The van der Waals surface area contributed by atoms with E-state index in [1.54, 1.807) is 0 Å². The number of rotatable bonds is 6. The molecule has 2 heterocycles. The van der Waals surface area contributed by atoms with Crippen molar-refractivity contribution in [1.82, 2.24) is 15.4 Å². The zero-order valence-corrected chi connectivity index (χ0v) is 13.8. The molecule has 1 aliphatic carbocycles. The molecule has 22 heavy (non-hydrogen) atoms. The number of carbonyl (C=O) groups is 1. The Bertz CT molecular complexity index is 522. The Kier molecular flexibility index (Phi) is 4.52. The lowest BCUT2D eigenvalue weighted by atomic mass is 10.1. The largest absolute Gasteiger partial charge is 0.360 e. The van der Waals surface area contributed by atoms with E-state index in [-0.39, 0.29) is 11.9 Å². The maximum absolute atomic E-state index is 12.3. The van der Waals surface area contributed by atoms with Gasteiger partial charge < -0.3 is 14.7 Å². The first-order chi connectivity index (χ1) is 10.5. The number of nitrogens with zero attached hydrogens (tertiary/aromatic N) is 2. The first-order valence-corrected chi connectivity index (χ1v) is 8.52. The second-order valence-electron chi connectivity index (χ2n) is 7.39. The SMILES string of the molecule is CC(C)CCN1C[C@@H](C)[C@H](NC(=O)c2cc(C3CC3)on2)C1. The number of hydrogen-bond donors (Lipinski definition) is 1. The third-order valence-corrected chi connectivity index (χ3v) is 4.77. The van der Waals surface area contributed by atoms with Crippen molar-refractivity contribution in [3.05, 3.63) is 17.5 Å². The van der Waals surface area contributed by atoms with Crippen LogP contribution in [-0.4, -0.2) is 41.6 Å². The van der Waals surface area contributed by atoms with Crippen molar-refractivity contribution < 1.29 is 9.32 Å². The van der Waals surface area contributed by atoms with E-state index < -0.39 is 0 Å². The average Bonchev–Trinajstić information content (AvgIpc) is 3.09. The second kappa shape index (κ2) is 6.41. The molecule has 5 heteroatoms. The highest BCUT2D eigenvalue weighted by molar-refractivity contribution is 5.92. The minimum Gasteiger partial charge on any atom is -0.360 e. The van der Waals surface area contributed by atoms with Crippen LogP contribution in [-0.2, 0) is 0 Å². The normalized spacial score (nSPS) is 25.8. The van der Waals surface area contributed by atoms with Crippen molar-refractivity contribution >= 4 is 5.91 Å². The minimum absolute atomic E-state index is 0.0989. The Morgan fingerprint density at radius 2 is 2.23 bits per heavy atom. The van der Waals surface area contributed by atoms with E-state index in [1.807, 2.05) is 6.07 Å². The van der Waals surface area contributed by atoms with Crippen LogP contribution in [0.3, 0.4) is 0 Å². The molecule has 1 saturated heterocycles. The molecule has 2 atom stereocenters. The van der Waals surface area contributed by atoms with Crippen molar-refractivity contribution in [1.29, 1.82) is 0 Å². The third-order valence-electron chi connectivity index (χ3n) is 4.77. The molecule has 1 aromatic rings. The number of carbonyl (C=O) groups excluding carboxylic acids is 1. The molecule has 0 radical (unpaired) electrons. The van der Waals surface area contributed by atoms with Crippen LogP contribution < -0.4 is 5.32 Å². The molecule has 0 spiro atoms. The van der Waals surface area contributed by atoms with E-state index in [4.69, 9.17) is 4.52 Å². The lowest BCUT2D eigenvalue weighted by Gasteiger charge is -2.17. The van der Waals surface area contributed by atoms with Gasteiger partial charge >= 0.3 is 0 Å². The maximum Gasteiger partial charge on any atom is 0.273 e. The predicted molar refractivity (Wildman–Crippen MR) is 84.8 cm³/mol. The molecule has 2 fully saturated rings. The number of nitrogens with one attached hydrogen (secondary N) is 1. The Morgan fingerprint density at radius 1 is 1.45 bits per heavy atom. The van der Waals surface area contributed by atoms with Crippen LogP contribution in [0.15, 0.2) is 10.6 Å². The van der Waals surface area contributed by atoms with E-state index in [0.717, 1.165) is 44.2 Å². The van der Waals surface area contributed by atoms with E-state index in [2.05, 4.69) is 36.1 Å². The monoisotopic (exact) mass is 305 g/mol. The summed E-state index contributed by atoms with van der Waals surface area (Å²) in [5.41, 5.74) is 0.426. The van der Waals surface area contributed by atoms with Crippen LogP contribution in [0.5, 0.6) is 0 Å². The minimum atomic E-state index is -0.0989. The molecule has 1 aromatic heterocycles. The van der Waals surface area contributed by atoms with Gasteiger partial charge in [0, 0.05) is 31.1 Å². The fraction of sp³-hybridized carbons (Fsp3) is 0.765. The quantitative estimate of drug-likeness (QED) is 0.878. The Morgan fingerprint density at radius 3 is 2.91 bits per heavy atom. The molecule has 0 unspecified atom stereocenters. The van der Waals surface area contributed by atoms with Gasteiger partial charge in [-0.3, -0.25) is 4.79 Å². The van der Waals surface area contributed by atoms with Crippen LogP contribution in [0, 0.1) is 11.8 Å². The smallest absolute Gasteiger partial charge is 0.273 e. The molecular weight excluding hydrogens is 278 g/mol. The summed E-state index contributed by atoms with van der Waals surface area (Å²) in [6.45, 7) is 9.82. The van der Waals surface area contributed by atoms with E-state index >= 15 is 0 Å². The van der Waals surface area contributed by atoms with Crippen molar-refractivity contribution in [3.8, 4) is 0 Å². The lowest BCUT2D eigenvalue weighted by Crippen LogP contribution is -2.40. The number of hydrogen-bond acceptors (Lipinski definition) is 4. The Hall–Kier alpha value is -1.36. The standard InChI is InChI=1S/C17H27N3O2/c1-11(2)6-7-20-9-12(3)15(10-20)18-17(21)14-8-16(22-19-14)13-4-5-13/h8,11-13,15H,4-7,9-10H2,1-3H3,(H,18,21)/t12-,15-/m1/s1. The number of aromatic nitrogens is 1. The summed E-state index contributed by atoms with van der Waals surface area (Å²) < 4.78 is 5.27. The summed E-state index contributed by atoms with van der Waals surface area (Å²) in [5, 5.41) is 7.05. The summed E-state index contributed by atoms with van der Waals surface area (Å²) in [6, 6.07) is 2.02. The first-order valence-electron chi connectivity index (χ1n) is 8.52. The van der Waals surface area contributed by atoms with Crippen LogP contribution in [0.1, 0.15) is 62.2 Å². The summed E-state index contributed by atoms with van der Waals surface area (Å²) >= 11 is 0. The zero-order valence-electron chi connectivity index (χ0n) is 13.8. The van der Waals surface area contributed by atoms with Gasteiger partial charge in [0.05, 0.1) is 0 Å². The van der Waals surface area contributed by atoms with Gasteiger partial charge in [-0.1, -0.05) is 25.9 Å². The molecule has 1 saturated carbocycles. The van der Waals surface area contributed by atoms with Crippen LogP contribution in [0.4, 0.5) is 0 Å². The van der Waals surface area contributed by atoms with Gasteiger partial charge in [-0.2, -0.15) is 0 Å². The molecule has 3 rings (SSSR count). The highest BCUT2D eigenvalue weighted by Crippen LogP contribution is 2.40. The van der Waals surface area contributed by atoms with Crippen molar-refractivity contribution in [2.45, 2.75) is 52.0 Å². The highest BCUT2D eigenvalue weighted by atomic mass is 16.5. The number of amides is 1. The van der Waals surface area contributed by atoms with Gasteiger partial charge in [0.2, 0.25) is 0 Å². The van der Waals surface area contributed by atoms with Crippen molar-refractivity contribution in [3.63, 3.8) is 0 Å². The molecule has 0 bridgehead atoms. The topological polar surface area (TPSA) is 58.4 Å². The van der Waals surface area contributed by atoms with Crippen molar-refractivity contribution in [2.75, 3.05) is 19.6 Å². The van der Waals surface area contributed by atoms with Crippen LogP contribution in [0.25, 0.3) is 0 Å². The molecule has 1 N–H and O–H groups in total. The third kappa shape index (κ3) is 3.69. The molecule has 2 aliphatic rings. The van der Waals surface area contributed by atoms with E-state index in [0.29, 0.717) is 17.5 Å². The molecular formula is C17H27N3O2. The summed E-state index contributed by atoms with van der Waals surface area (Å²) in [6.07, 6.45) is 3.52. The van der Waals surface area contributed by atoms with E-state index in [9.17, 15) is 4.79 Å². The highest BCUT2D eigenvalue weighted by Gasteiger charge is 2.32. The van der Waals surface area contributed by atoms with Gasteiger partial charge in [0.15, 0.2) is 5.69 Å². The zero-order chi connectivity index (χ0) is 15.7. The maximum atomic E-state index is 12.3. The van der Waals surface area contributed by atoms with Gasteiger partial charge in [0.1, 0.15) is 5.76 Å². The summed E-state index contributed by atoms with van der Waals surface area (Å²) in [5.74, 6) is 2.46. The molecule has 122 valence electrons. The average molecular weight is 305 g/mol. The van der Waals surface area contributed by atoms with Gasteiger partial charge in [0.25, 0.3) is 5.91 Å². The Balaban J connectivity index is 1.52. The lowest BCUT2D eigenvalue weighted by molar-refractivity contribution is 0.0922. The fourth-order valence-electron chi connectivity index (χ4n) is 3.08. The predicted octanol–water partition coefficient (Wildman–Crippen LogP) is 2.65. The summed E-state index contributed by atoms with van der Waals surface area (Å²) in [4.78, 5) is 14.8. The van der Waals surface area contributed by atoms with Gasteiger partial charge in [-0.05, 0) is 37.6 Å². The van der Waals surface area contributed by atoms with Crippen LogP contribution >= 0.6 is 0 Å². The van der Waals surface area contributed by atoms with E-state index in [1.165, 1.54) is 6.42 Å². The molecule has 0 aromatic carbocycles. The molecule has 1 aliphatic heterocycles. The molecule has 1 amide bonds.